The van der Waals surface area contributed by atoms with Gasteiger partial charge in [0.2, 0.25) is 0 Å². The predicted molar refractivity (Wildman–Crippen MR) is 280 cm³/mol. The summed E-state index contributed by atoms with van der Waals surface area (Å²) in [6.45, 7) is 2.79. The fraction of sp³-hybridized carbons (Fsp3) is 0.0323. The first kappa shape index (κ1) is 40.2. The van der Waals surface area contributed by atoms with Crippen LogP contribution in [0.2, 0.25) is 0 Å². The molecule has 1 N–H and O–H groups in total. The number of fused-ring (bicyclic) bond motifs is 4. The fourth-order valence-electron chi connectivity index (χ4n) is 9.66. The summed E-state index contributed by atoms with van der Waals surface area (Å²) >= 11 is 1.85. The second-order valence-electron chi connectivity index (χ2n) is 17.2. The number of benzene rings is 8. The van der Waals surface area contributed by atoms with E-state index >= 15 is 0 Å². The van der Waals surface area contributed by atoms with Gasteiger partial charge >= 0.3 is 0 Å². The number of phenols is 1. The summed E-state index contributed by atoms with van der Waals surface area (Å²) in [6.07, 6.45) is 0. The third-order valence-electron chi connectivity index (χ3n) is 12.8. The topological polar surface area (TPSA) is 50.9 Å². The number of thiophene rings is 1. The minimum absolute atomic E-state index is 0.195. The van der Waals surface area contributed by atoms with E-state index in [4.69, 9.17) is 9.97 Å². The number of aryl methyl sites for hydroxylation is 1. The molecule has 0 aliphatic rings. The van der Waals surface area contributed by atoms with Crippen LogP contribution in [0.25, 0.3) is 109 Å². The van der Waals surface area contributed by atoms with Gasteiger partial charge < -0.3 is 9.67 Å². The monoisotopic (exact) mass is 877 g/mol. The molecule has 0 amide bonds. The molecule has 0 radical (unpaired) electrons. The van der Waals surface area contributed by atoms with Gasteiger partial charge in [-0.15, -0.1) is 11.3 Å². The smallest absolute Gasteiger partial charge is 0.124 e. The van der Waals surface area contributed by atoms with Gasteiger partial charge in [-0.3, -0.25) is 4.98 Å². The van der Waals surface area contributed by atoms with Crippen molar-refractivity contribution in [2.75, 3.05) is 0 Å². The van der Waals surface area contributed by atoms with Crippen LogP contribution in [0.1, 0.15) is 11.3 Å². The highest BCUT2D eigenvalue weighted by Gasteiger charge is 2.23. The minimum Gasteiger partial charge on any atom is -0.507 e. The molecule has 12 aromatic rings. The summed E-state index contributed by atoms with van der Waals surface area (Å²) in [7, 11) is 0. The van der Waals surface area contributed by atoms with Crippen molar-refractivity contribution in [1.82, 2.24) is 14.5 Å². The van der Waals surface area contributed by atoms with Crippen LogP contribution in [0.5, 0.6) is 5.75 Å². The van der Waals surface area contributed by atoms with Crippen molar-refractivity contribution in [3.05, 3.63) is 236 Å². The van der Waals surface area contributed by atoms with Gasteiger partial charge in [0.05, 0.1) is 22.8 Å². The van der Waals surface area contributed by atoms with E-state index in [-0.39, 0.29) is 5.75 Å². The molecule has 8 aromatic carbocycles. The zero-order valence-electron chi connectivity index (χ0n) is 36.8. The van der Waals surface area contributed by atoms with Crippen LogP contribution in [0.4, 0.5) is 0 Å². The van der Waals surface area contributed by atoms with Gasteiger partial charge in [-0.2, -0.15) is 0 Å². The van der Waals surface area contributed by atoms with Crippen LogP contribution in [-0.4, -0.2) is 19.6 Å². The maximum absolute atomic E-state index is 11.0. The van der Waals surface area contributed by atoms with Gasteiger partial charge in [0.15, 0.2) is 0 Å². The predicted octanol–water partition coefficient (Wildman–Crippen LogP) is 16.5. The highest BCUT2D eigenvalue weighted by atomic mass is 32.1. The van der Waals surface area contributed by atoms with E-state index in [1.807, 2.05) is 47.7 Å². The molecule has 0 atom stereocenters. The maximum atomic E-state index is 11.0. The largest absolute Gasteiger partial charge is 0.507 e. The Labute approximate surface area is 393 Å². The molecule has 0 aliphatic carbocycles. The van der Waals surface area contributed by atoms with E-state index in [9.17, 15) is 5.11 Å². The molecule has 4 heterocycles. The average Bonchev–Trinajstić information content (AvgIpc) is 3.91. The Bertz CT molecular complexity index is 3800. The SMILES string of the molecule is Cc1cc(-c2c(-c3ccc4c(c3)sc3ccccc34)c3cc(-c4ccccc4)ccc3n2Cc2ccccc2)cc(-c2cccc(-c3cc(-c4ccccc4)cc(-c4ccccc4O)n3)c2)n1. The number of aromatic nitrogens is 3. The van der Waals surface area contributed by atoms with E-state index in [1.54, 1.807) is 6.07 Å². The third kappa shape index (κ3) is 7.55. The Morgan fingerprint density at radius 3 is 1.81 bits per heavy atom. The number of rotatable bonds is 9. The molecule has 0 spiro atoms. The summed E-state index contributed by atoms with van der Waals surface area (Å²) in [5.41, 5.74) is 17.5. The molecule has 0 saturated carbocycles. The number of hydrogen-bond donors (Lipinski definition) is 1. The molecular weight excluding hydrogens is 835 g/mol. The van der Waals surface area contributed by atoms with Crippen LogP contribution >= 0.6 is 11.3 Å². The van der Waals surface area contributed by atoms with Crippen LogP contribution < -0.4 is 0 Å². The Morgan fingerprint density at radius 1 is 0.418 bits per heavy atom. The average molecular weight is 878 g/mol. The van der Waals surface area contributed by atoms with Gasteiger partial charge in [0.25, 0.3) is 0 Å². The first-order valence-corrected chi connectivity index (χ1v) is 23.5. The van der Waals surface area contributed by atoms with E-state index in [1.165, 1.54) is 58.9 Å². The molecule has 0 aliphatic heterocycles. The van der Waals surface area contributed by atoms with Crippen molar-refractivity contribution in [3.8, 4) is 84.2 Å². The van der Waals surface area contributed by atoms with Gasteiger partial charge in [-0.25, -0.2) is 4.98 Å². The molecule has 67 heavy (non-hydrogen) atoms. The Morgan fingerprint density at radius 2 is 1.03 bits per heavy atom. The van der Waals surface area contributed by atoms with Crippen LogP contribution in [0, 0.1) is 6.92 Å². The first-order chi connectivity index (χ1) is 33.0. The van der Waals surface area contributed by atoms with Gasteiger partial charge in [0.1, 0.15) is 5.75 Å². The van der Waals surface area contributed by atoms with Crippen LogP contribution in [0.3, 0.4) is 0 Å². The molecular formula is C62H43N3OS. The lowest BCUT2D eigenvalue weighted by Gasteiger charge is -2.16. The van der Waals surface area contributed by atoms with Crippen molar-refractivity contribution in [2.24, 2.45) is 0 Å². The highest BCUT2D eigenvalue weighted by molar-refractivity contribution is 7.25. The summed E-state index contributed by atoms with van der Waals surface area (Å²) < 4.78 is 5.07. The Hall–Kier alpha value is -8.38. The zero-order chi connectivity index (χ0) is 44.8. The lowest BCUT2D eigenvalue weighted by atomic mass is 9.94. The van der Waals surface area contributed by atoms with E-state index < -0.39 is 0 Å². The summed E-state index contributed by atoms with van der Waals surface area (Å²) in [6, 6.07) is 79.2. The van der Waals surface area contributed by atoms with Crippen molar-refractivity contribution in [2.45, 2.75) is 13.5 Å². The molecule has 318 valence electrons. The number of para-hydroxylation sites is 1. The van der Waals surface area contributed by atoms with Crippen LogP contribution in [-0.2, 0) is 6.54 Å². The second-order valence-corrected chi connectivity index (χ2v) is 18.3. The van der Waals surface area contributed by atoms with Crippen molar-refractivity contribution >= 4 is 42.4 Å². The highest BCUT2D eigenvalue weighted by Crippen LogP contribution is 2.46. The molecule has 4 nitrogen and oxygen atoms in total. The summed E-state index contributed by atoms with van der Waals surface area (Å²) in [4.78, 5) is 10.4. The van der Waals surface area contributed by atoms with E-state index in [2.05, 4.69) is 193 Å². The van der Waals surface area contributed by atoms with E-state index in [0.29, 0.717) is 17.8 Å². The Balaban J connectivity index is 1.07. The quantitative estimate of drug-likeness (QED) is 0.157. The normalized spacial score (nSPS) is 11.5. The lowest BCUT2D eigenvalue weighted by Crippen LogP contribution is -2.03. The fourth-order valence-corrected chi connectivity index (χ4v) is 10.8. The first-order valence-electron chi connectivity index (χ1n) is 22.6. The van der Waals surface area contributed by atoms with Crippen LogP contribution in [0.15, 0.2) is 224 Å². The van der Waals surface area contributed by atoms with Gasteiger partial charge in [0, 0.05) is 71.1 Å². The van der Waals surface area contributed by atoms with Crippen molar-refractivity contribution in [3.63, 3.8) is 0 Å². The van der Waals surface area contributed by atoms with E-state index in [0.717, 1.165) is 50.6 Å². The number of aromatic hydroxyl groups is 1. The molecule has 0 bridgehead atoms. The number of pyridine rings is 2. The molecule has 0 saturated heterocycles. The molecule has 12 rings (SSSR count). The maximum Gasteiger partial charge on any atom is 0.124 e. The standard InChI is InChI=1S/C62H43N3OS/c1-40-32-49(37-54(63-40)45-22-15-23-46(33-45)55-35-48(43-20-9-4-10-21-43)36-56(64-55)52-25-11-13-26-58(52)66)62-61(47-28-30-51-50-24-12-14-27-59(50)67-60(51)38-47)53-34-44(42-18-7-3-8-19-42)29-31-57(53)65(62)39-41-16-5-2-6-17-41/h2-38,66H,39H2,1H3. The van der Waals surface area contributed by atoms with Gasteiger partial charge in [-0.1, -0.05) is 158 Å². The molecule has 0 fully saturated rings. The molecule has 5 heteroatoms. The number of hydrogen-bond acceptors (Lipinski definition) is 4. The molecule has 4 aromatic heterocycles. The Kier molecular flexibility index (Phi) is 10.1. The number of nitrogens with zero attached hydrogens (tertiary/aromatic N) is 3. The minimum atomic E-state index is 0.195. The zero-order valence-corrected chi connectivity index (χ0v) is 37.6. The number of phenolic OH excluding ortho intramolecular Hbond substituents is 1. The van der Waals surface area contributed by atoms with Gasteiger partial charge in [-0.05, 0) is 107 Å². The molecule has 0 unspecified atom stereocenters. The summed E-state index contributed by atoms with van der Waals surface area (Å²) in [5.74, 6) is 0.195. The van der Waals surface area contributed by atoms with Crippen molar-refractivity contribution in [1.29, 1.82) is 0 Å². The lowest BCUT2D eigenvalue weighted by molar-refractivity contribution is 0.477. The summed E-state index contributed by atoms with van der Waals surface area (Å²) in [5, 5.41) is 14.7. The third-order valence-corrected chi connectivity index (χ3v) is 13.9. The van der Waals surface area contributed by atoms with Crippen molar-refractivity contribution < 1.29 is 5.11 Å². The second kappa shape index (κ2) is 16.9.